The molecule has 3 aromatic rings. The van der Waals surface area contributed by atoms with Crippen molar-refractivity contribution in [1.82, 2.24) is 15.0 Å². The van der Waals surface area contributed by atoms with E-state index in [1.165, 1.54) is 0 Å². The predicted octanol–water partition coefficient (Wildman–Crippen LogP) is 2.69. The van der Waals surface area contributed by atoms with Gasteiger partial charge in [0, 0.05) is 23.7 Å². The number of fused-ring (bicyclic) bond motifs is 1. The molecule has 1 aliphatic rings. The summed E-state index contributed by atoms with van der Waals surface area (Å²) in [7, 11) is 0. The number of amides is 1. The maximum absolute atomic E-state index is 14.6. The van der Waals surface area contributed by atoms with Crippen LogP contribution in [0.4, 0.5) is 21.7 Å². The number of nitrogens with zero attached hydrogens (tertiary/aromatic N) is 3. The minimum atomic E-state index is -0.782. The average Bonchev–Trinajstić information content (AvgIpc) is 2.71. The molecule has 0 aliphatic heterocycles. The van der Waals surface area contributed by atoms with Gasteiger partial charge < -0.3 is 22.1 Å². The number of nitrogens with two attached hydrogens (primary N) is 2. The monoisotopic (exact) mass is 395 g/mol. The first kappa shape index (κ1) is 19.0. The standard InChI is InChI=1S/C20H22FN7O/c21-14-9-13(17(23)29)19(28-20(14)27-16-6-2-1-5-15(16)22)26-12-8-11-4-3-7-24-18(11)25-10-12/h3-4,7-10,15-16H,1-2,5-6,22H2,(H2,23,29)(H2,26,27,28)/t15-,16+/m0/s1. The molecule has 0 radical (unpaired) electrons. The van der Waals surface area contributed by atoms with Gasteiger partial charge in [0.05, 0.1) is 17.4 Å². The molecule has 0 spiro atoms. The number of nitrogens with one attached hydrogen (secondary N) is 2. The Morgan fingerprint density at radius 3 is 2.79 bits per heavy atom. The third-order valence-corrected chi connectivity index (χ3v) is 5.10. The number of carbonyl (C=O) groups is 1. The molecule has 0 aromatic carbocycles. The smallest absolute Gasteiger partial charge is 0.252 e. The number of pyridine rings is 3. The summed E-state index contributed by atoms with van der Waals surface area (Å²) in [6, 6.07) is 6.42. The maximum atomic E-state index is 14.6. The molecule has 0 unspecified atom stereocenters. The highest BCUT2D eigenvalue weighted by atomic mass is 19.1. The van der Waals surface area contributed by atoms with Crippen LogP contribution < -0.4 is 22.1 Å². The molecular formula is C20H22FN7O. The lowest BCUT2D eigenvalue weighted by Crippen LogP contribution is -2.43. The van der Waals surface area contributed by atoms with Crippen LogP contribution in [0.5, 0.6) is 0 Å². The fourth-order valence-electron chi connectivity index (χ4n) is 3.56. The highest BCUT2D eigenvalue weighted by molar-refractivity contribution is 5.98. The molecular weight excluding hydrogens is 373 g/mol. The average molecular weight is 395 g/mol. The first-order valence-corrected chi connectivity index (χ1v) is 9.51. The van der Waals surface area contributed by atoms with Gasteiger partial charge in [0.2, 0.25) is 0 Å². The lowest BCUT2D eigenvalue weighted by Gasteiger charge is -2.30. The van der Waals surface area contributed by atoms with Gasteiger partial charge >= 0.3 is 0 Å². The Morgan fingerprint density at radius 1 is 1.17 bits per heavy atom. The van der Waals surface area contributed by atoms with E-state index >= 15 is 0 Å². The van der Waals surface area contributed by atoms with E-state index in [-0.39, 0.29) is 29.3 Å². The van der Waals surface area contributed by atoms with E-state index in [2.05, 4.69) is 25.6 Å². The maximum Gasteiger partial charge on any atom is 0.252 e. The normalized spacial score (nSPS) is 19.1. The Balaban J connectivity index is 1.67. The van der Waals surface area contributed by atoms with Crippen LogP contribution in [0.2, 0.25) is 0 Å². The van der Waals surface area contributed by atoms with Crippen LogP contribution in [0, 0.1) is 5.82 Å². The van der Waals surface area contributed by atoms with Gasteiger partial charge in [-0.05, 0) is 37.1 Å². The van der Waals surface area contributed by atoms with E-state index in [0.29, 0.717) is 11.3 Å². The summed E-state index contributed by atoms with van der Waals surface area (Å²) >= 11 is 0. The molecule has 29 heavy (non-hydrogen) atoms. The number of primary amides is 1. The molecule has 1 aliphatic carbocycles. The molecule has 1 saturated carbocycles. The largest absolute Gasteiger partial charge is 0.365 e. The van der Waals surface area contributed by atoms with E-state index in [9.17, 15) is 9.18 Å². The Hall–Kier alpha value is -3.33. The van der Waals surface area contributed by atoms with E-state index in [1.807, 2.05) is 12.1 Å². The molecule has 0 saturated heterocycles. The number of hydrogen-bond acceptors (Lipinski definition) is 7. The summed E-state index contributed by atoms with van der Waals surface area (Å²) < 4.78 is 14.6. The third kappa shape index (κ3) is 4.09. The van der Waals surface area contributed by atoms with Crippen molar-refractivity contribution >= 4 is 34.3 Å². The van der Waals surface area contributed by atoms with E-state index in [4.69, 9.17) is 11.5 Å². The second-order valence-electron chi connectivity index (χ2n) is 7.18. The van der Waals surface area contributed by atoms with Gasteiger partial charge in [-0.3, -0.25) is 4.79 Å². The van der Waals surface area contributed by atoms with Crippen molar-refractivity contribution in [3.05, 3.63) is 48.0 Å². The first-order chi connectivity index (χ1) is 14.0. The van der Waals surface area contributed by atoms with Crippen LogP contribution in [-0.4, -0.2) is 32.9 Å². The van der Waals surface area contributed by atoms with Crippen LogP contribution >= 0.6 is 0 Å². The summed E-state index contributed by atoms with van der Waals surface area (Å²) in [5.74, 6) is -1.25. The second kappa shape index (κ2) is 7.96. The minimum absolute atomic E-state index is 0.0373. The fourth-order valence-corrected chi connectivity index (χ4v) is 3.56. The zero-order valence-electron chi connectivity index (χ0n) is 15.7. The Morgan fingerprint density at radius 2 is 2.00 bits per heavy atom. The lowest BCUT2D eigenvalue weighted by atomic mass is 9.91. The van der Waals surface area contributed by atoms with Gasteiger partial charge in [-0.2, -0.15) is 0 Å². The van der Waals surface area contributed by atoms with Crippen LogP contribution in [0.3, 0.4) is 0 Å². The zero-order chi connectivity index (χ0) is 20.4. The number of aromatic nitrogens is 3. The first-order valence-electron chi connectivity index (χ1n) is 9.51. The number of halogens is 1. The van der Waals surface area contributed by atoms with Gasteiger partial charge in [0.25, 0.3) is 5.91 Å². The quantitative estimate of drug-likeness (QED) is 0.522. The highest BCUT2D eigenvalue weighted by Gasteiger charge is 2.24. The SMILES string of the molecule is NC(=O)c1cc(F)c(N[C@@H]2CCCC[C@@H]2N)nc1Nc1cnc2ncccc2c1. The minimum Gasteiger partial charge on any atom is -0.365 e. The van der Waals surface area contributed by atoms with E-state index in [0.717, 1.165) is 37.1 Å². The summed E-state index contributed by atoms with van der Waals surface area (Å²) in [5.41, 5.74) is 12.7. The molecule has 8 nitrogen and oxygen atoms in total. The Kier molecular flexibility index (Phi) is 5.22. The number of carbonyl (C=O) groups excluding carboxylic acids is 1. The molecule has 1 fully saturated rings. The van der Waals surface area contributed by atoms with Crippen LogP contribution in [0.1, 0.15) is 36.0 Å². The van der Waals surface area contributed by atoms with Crippen molar-refractivity contribution in [2.45, 2.75) is 37.8 Å². The molecule has 3 heterocycles. The molecule has 2 atom stereocenters. The summed E-state index contributed by atoms with van der Waals surface area (Å²) in [6.07, 6.45) is 7.02. The zero-order valence-corrected chi connectivity index (χ0v) is 15.7. The molecule has 150 valence electrons. The third-order valence-electron chi connectivity index (χ3n) is 5.10. The molecule has 1 amide bonds. The predicted molar refractivity (Wildman–Crippen MR) is 109 cm³/mol. The van der Waals surface area contributed by atoms with Crippen LogP contribution in [-0.2, 0) is 0 Å². The van der Waals surface area contributed by atoms with Gasteiger partial charge in [0.1, 0.15) is 5.82 Å². The van der Waals surface area contributed by atoms with Gasteiger partial charge in [0.15, 0.2) is 17.3 Å². The Bertz CT molecular complexity index is 1060. The van der Waals surface area contributed by atoms with Crippen molar-refractivity contribution in [2.24, 2.45) is 11.5 Å². The molecule has 4 rings (SSSR count). The highest BCUT2D eigenvalue weighted by Crippen LogP contribution is 2.27. The van der Waals surface area contributed by atoms with Crippen LogP contribution in [0.25, 0.3) is 11.0 Å². The van der Waals surface area contributed by atoms with Crippen molar-refractivity contribution in [3.63, 3.8) is 0 Å². The van der Waals surface area contributed by atoms with Crippen LogP contribution in [0.15, 0.2) is 36.7 Å². The molecule has 3 aromatic heterocycles. The summed E-state index contributed by atoms with van der Waals surface area (Å²) in [4.78, 5) is 24.6. The van der Waals surface area contributed by atoms with Gasteiger partial charge in [-0.1, -0.05) is 12.8 Å². The van der Waals surface area contributed by atoms with Crippen molar-refractivity contribution in [2.75, 3.05) is 10.6 Å². The lowest BCUT2D eigenvalue weighted by molar-refractivity contribution is 0.100. The van der Waals surface area contributed by atoms with Crippen molar-refractivity contribution in [3.8, 4) is 0 Å². The number of hydrogen-bond donors (Lipinski definition) is 4. The summed E-state index contributed by atoms with van der Waals surface area (Å²) in [6.45, 7) is 0. The molecule has 9 heteroatoms. The number of rotatable bonds is 5. The fraction of sp³-hybridized carbons (Fsp3) is 0.300. The number of anilines is 3. The second-order valence-corrected chi connectivity index (χ2v) is 7.18. The van der Waals surface area contributed by atoms with E-state index in [1.54, 1.807) is 18.5 Å². The van der Waals surface area contributed by atoms with E-state index < -0.39 is 11.7 Å². The van der Waals surface area contributed by atoms with Gasteiger partial charge in [-0.15, -0.1) is 0 Å². The molecule has 0 bridgehead atoms. The summed E-state index contributed by atoms with van der Waals surface area (Å²) in [5, 5.41) is 6.93. The topological polar surface area (TPSA) is 132 Å². The van der Waals surface area contributed by atoms with Gasteiger partial charge in [-0.25, -0.2) is 19.3 Å². The Labute approximate surface area is 166 Å². The molecule has 6 N–H and O–H groups in total. The van der Waals surface area contributed by atoms with Crippen molar-refractivity contribution < 1.29 is 9.18 Å². The van der Waals surface area contributed by atoms with Crippen molar-refractivity contribution in [1.29, 1.82) is 0 Å².